The maximum atomic E-state index is 12.8. The highest BCUT2D eigenvalue weighted by Gasteiger charge is 2.20. The summed E-state index contributed by atoms with van der Waals surface area (Å²) in [5.41, 5.74) is 3.41. The number of ketones is 1. The fourth-order valence-corrected chi connectivity index (χ4v) is 4.15. The van der Waals surface area contributed by atoms with Gasteiger partial charge in [-0.2, -0.15) is 4.73 Å². The molecule has 0 unspecified atom stereocenters. The molecule has 0 aliphatic carbocycles. The van der Waals surface area contributed by atoms with Crippen LogP contribution in [-0.4, -0.2) is 29.3 Å². The summed E-state index contributed by atoms with van der Waals surface area (Å²) in [4.78, 5) is 12.8. The molecule has 6 nitrogen and oxygen atoms in total. The number of benzene rings is 1. The van der Waals surface area contributed by atoms with E-state index >= 15 is 0 Å². The molecule has 0 bridgehead atoms. The first kappa shape index (κ1) is 18.4. The molecular weight excluding hydrogens is 376 g/mol. The zero-order chi connectivity index (χ0) is 19.7. The second kappa shape index (κ2) is 7.59. The standard InChI is InChI=1S/C21H20N2O4S/c1-14-11-17(18(24)13-28-21-5-3-4-8-22(21)25)15(2)23(14)16-6-7-19-20(12-16)27-10-9-26-19/h3-8,11-12H,9-10,13H2,1-2H3. The molecule has 0 amide bonds. The van der Waals surface area contributed by atoms with Gasteiger partial charge in [-0.3, -0.25) is 4.79 Å². The topological polar surface area (TPSA) is 67.4 Å². The third-order valence-corrected chi connectivity index (χ3v) is 5.67. The summed E-state index contributed by atoms with van der Waals surface area (Å²) in [7, 11) is 0. The highest BCUT2D eigenvalue weighted by Crippen LogP contribution is 2.33. The van der Waals surface area contributed by atoms with Crippen LogP contribution in [0.15, 0.2) is 53.7 Å². The Hall–Kier alpha value is -2.93. The predicted molar refractivity (Wildman–Crippen MR) is 107 cm³/mol. The number of thioether (sulfide) groups is 1. The lowest BCUT2D eigenvalue weighted by molar-refractivity contribution is -0.645. The van der Waals surface area contributed by atoms with Crippen molar-refractivity contribution in [3.8, 4) is 17.2 Å². The lowest BCUT2D eigenvalue weighted by Crippen LogP contribution is -2.28. The lowest BCUT2D eigenvalue weighted by Gasteiger charge is -2.20. The first-order chi connectivity index (χ1) is 13.5. The smallest absolute Gasteiger partial charge is 0.251 e. The van der Waals surface area contributed by atoms with Gasteiger partial charge in [0.2, 0.25) is 0 Å². The number of ether oxygens (including phenoxy) is 2. The largest absolute Gasteiger partial charge is 0.618 e. The number of nitrogens with zero attached hydrogens (tertiary/aromatic N) is 2. The summed E-state index contributed by atoms with van der Waals surface area (Å²) in [6.45, 7) is 4.98. The number of hydrogen-bond donors (Lipinski definition) is 0. The average molecular weight is 396 g/mol. The Morgan fingerprint density at radius 3 is 2.71 bits per heavy atom. The minimum absolute atomic E-state index is 0.00857. The van der Waals surface area contributed by atoms with E-state index in [9.17, 15) is 10.0 Å². The molecule has 0 atom stereocenters. The molecule has 0 fully saturated rings. The first-order valence-electron chi connectivity index (χ1n) is 8.98. The molecule has 3 heterocycles. The van der Waals surface area contributed by atoms with E-state index in [1.165, 1.54) is 18.0 Å². The van der Waals surface area contributed by atoms with E-state index in [1.807, 2.05) is 42.7 Å². The minimum atomic E-state index is -0.00857. The van der Waals surface area contributed by atoms with Gasteiger partial charge in [0, 0.05) is 40.8 Å². The van der Waals surface area contributed by atoms with Gasteiger partial charge in [-0.25, -0.2) is 0 Å². The molecule has 0 spiro atoms. The number of carbonyl (C=O) groups is 1. The van der Waals surface area contributed by atoms with Crippen LogP contribution in [0.5, 0.6) is 11.5 Å². The van der Waals surface area contributed by atoms with Crippen molar-refractivity contribution in [2.24, 2.45) is 0 Å². The van der Waals surface area contributed by atoms with Crippen LogP contribution in [0, 0.1) is 19.1 Å². The summed E-state index contributed by atoms with van der Waals surface area (Å²) >= 11 is 1.24. The van der Waals surface area contributed by atoms with E-state index in [0.29, 0.717) is 29.6 Å². The predicted octanol–water partition coefficient (Wildman–Crippen LogP) is 3.47. The molecule has 4 rings (SSSR count). The molecule has 0 N–H and O–H groups in total. The Morgan fingerprint density at radius 1 is 1.14 bits per heavy atom. The monoisotopic (exact) mass is 396 g/mol. The van der Waals surface area contributed by atoms with Gasteiger partial charge in [0.1, 0.15) is 13.2 Å². The molecule has 28 heavy (non-hydrogen) atoms. The van der Waals surface area contributed by atoms with Crippen molar-refractivity contribution in [1.82, 2.24) is 4.57 Å². The number of pyridine rings is 1. The number of carbonyl (C=O) groups excluding carboxylic acids is 1. The maximum absolute atomic E-state index is 12.8. The fraction of sp³-hybridized carbons (Fsp3) is 0.238. The van der Waals surface area contributed by atoms with Crippen molar-refractivity contribution in [1.29, 1.82) is 0 Å². The molecule has 0 saturated heterocycles. The van der Waals surface area contributed by atoms with E-state index in [1.54, 1.807) is 18.2 Å². The van der Waals surface area contributed by atoms with Crippen LogP contribution < -0.4 is 14.2 Å². The number of aryl methyl sites for hydroxylation is 1. The highest BCUT2D eigenvalue weighted by molar-refractivity contribution is 7.99. The number of Topliss-reactive ketones (excluding diaryl/α,β-unsaturated/α-hetero) is 1. The normalized spacial score (nSPS) is 12.8. The Morgan fingerprint density at radius 2 is 1.93 bits per heavy atom. The number of aromatic nitrogens is 2. The summed E-state index contributed by atoms with van der Waals surface area (Å²) in [6, 6.07) is 12.8. The third-order valence-electron chi connectivity index (χ3n) is 4.66. The molecule has 1 aromatic carbocycles. The Balaban J connectivity index is 1.59. The molecule has 144 valence electrons. The molecule has 1 aliphatic heterocycles. The van der Waals surface area contributed by atoms with Crippen molar-refractivity contribution in [2.45, 2.75) is 18.9 Å². The first-order valence-corrected chi connectivity index (χ1v) is 9.96. The van der Waals surface area contributed by atoms with Gasteiger partial charge >= 0.3 is 0 Å². The van der Waals surface area contributed by atoms with Crippen LogP contribution in [0.4, 0.5) is 0 Å². The van der Waals surface area contributed by atoms with Crippen LogP contribution in [-0.2, 0) is 0 Å². The molecule has 7 heteroatoms. The number of hydrogen-bond acceptors (Lipinski definition) is 5. The SMILES string of the molecule is Cc1cc(C(=O)CSc2cccc[n+]2[O-])c(C)n1-c1ccc2c(c1)OCCO2. The van der Waals surface area contributed by atoms with E-state index in [0.717, 1.165) is 27.6 Å². The zero-order valence-corrected chi connectivity index (χ0v) is 16.5. The molecule has 3 aromatic rings. The van der Waals surface area contributed by atoms with E-state index < -0.39 is 0 Å². The molecular formula is C21H20N2O4S. The van der Waals surface area contributed by atoms with Crippen molar-refractivity contribution in [3.05, 3.63) is 70.8 Å². The van der Waals surface area contributed by atoms with Crippen LogP contribution in [0.1, 0.15) is 21.7 Å². The van der Waals surface area contributed by atoms with Gasteiger partial charge in [0.05, 0.1) is 5.75 Å². The molecule has 1 aliphatic rings. The lowest BCUT2D eigenvalue weighted by atomic mass is 10.2. The zero-order valence-electron chi connectivity index (χ0n) is 15.7. The second-order valence-corrected chi connectivity index (χ2v) is 7.52. The Labute approximate surface area is 167 Å². The molecule has 0 radical (unpaired) electrons. The van der Waals surface area contributed by atoms with Crippen LogP contribution in [0.25, 0.3) is 5.69 Å². The third kappa shape index (κ3) is 3.45. The van der Waals surface area contributed by atoms with E-state index in [2.05, 4.69) is 0 Å². The fourth-order valence-electron chi connectivity index (χ4n) is 3.36. The van der Waals surface area contributed by atoms with E-state index in [4.69, 9.17) is 9.47 Å². The van der Waals surface area contributed by atoms with Crippen molar-refractivity contribution in [2.75, 3.05) is 19.0 Å². The highest BCUT2D eigenvalue weighted by atomic mass is 32.2. The van der Waals surface area contributed by atoms with Gasteiger partial charge in [0.25, 0.3) is 5.03 Å². The van der Waals surface area contributed by atoms with Crippen molar-refractivity contribution < 1.29 is 19.0 Å². The summed E-state index contributed by atoms with van der Waals surface area (Å²) in [5, 5.41) is 12.3. The van der Waals surface area contributed by atoms with Crippen LogP contribution in [0.3, 0.4) is 0 Å². The Kier molecular flexibility index (Phi) is 5.00. The van der Waals surface area contributed by atoms with Gasteiger partial charge in [-0.1, -0.05) is 0 Å². The number of fused-ring (bicyclic) bond motifs is 1. The average Bonchev–Trinajstić information content (AvgIpc) is 3.01. The number of rotatable bonds is 5. The Bertz CT molecular complexity index is 1040. The van der Waals surface area contributed by atoms with Crippen LogP contribution in [0.2, 0.25) is 0 Å². The second-order valence-electron chi connectivity index (χ2n) is 6.52. The minimum Gasteiger partial charge on any atom is -0.618 e. The van der Waals surface area contributed by atoms with Crippen molar-refractivity contribution >= 4 is 17.5 Å². The molecule has 0 saturated carbocycles. The maximum Gasteiger partial charge on any atom is 0.251 e. The van der Waals surface area contributed by atoms with Gasteiger partial charge < -0.3 is 19.2 Å². The van der Waals surface area contributed by atoms with Gasteiger partial charge in [-0.15, -0.1) is 0 Å². The summed E-state index contributed by atoms with van der Waals surface area (Å²) in [6.07, 6.45) is 1.43. The quantitative estimate of drug-likeness (QED) is 0.286. The van der Waals surface area contributed by atoms with E-state index in [-0.39, 0.29) is 11.5 Å². The van der Waals surface area contributed by atoms with Gasteiger partial charge in [-0.05, 0) is 49.9 Å². The van der Waals surface area contributed by atoms with Crippen LogP contribution >= 0.6 is 11.8 Å². The molecule has 2 aromatic heterocycles. The summed E-state index contributed by atoms with van der Waals surface area (Å²) < 4.78 is 14.1. The van der Waals surface area contributed by atoms with Gasteiger partial charge in [0.15, 0.2) is 23.5 Å². The van der Waals surface area contributed by atoms with Crippen molar-refractivity contribution in [3.63, 3.8) is 0 Å². The summed E-state index contributed by atoms with van der Waals surface area (Å²) in [5.74, 6) is 1.64.